The van der Waals surface area contributed by atoms with Gasteiger partial charge in [0.25, 0.3) is 0 Å². The zero-order valence-corrected chi connectivity index (χ0v) is 32.0. The summed E-state index contributed by atoms with van der Waals surface area (Å²) in [4.78, 5) is 23.8. The van der Waals surface area contributed by atoms with Gasteiger partial charge in [-0.25, -0.2) is 9.59 Å². The summed E-state index contributed by atoms with van der Waals surface area (Å²) in [5, 5.41) is 15.6. The first-order valence-electron chi connectivity index (χ1n) is 17.5. The number of carboxylic acid groups (broad SMARTS) is 1. The van der Waals surface area contributed by atoms with Crippen molar-refractivity contribution in [2.45, 2.75) is 59.3 Å². The van der Waals surface area contributed by atoms with Gasteiger partial charge in [-0.15, -0.1) is 0 Å². The molecule has 0 spiro atoms. The SMILES string of the molecule is CCCCNc1cc(C(=O)O)cc(NS(=O)[O-])c1Oc1ccccc1.CCCCNc1cc(C(=O)OCCCC)cc(NS(=O)[O-])c1Oc1ccccc1. The van der Waals surface area contributed by atoms with Crippen LogP contribution in [0.15, 0.2) is 84.9 Å². The van der Waals surface area contributed by atoms with Gasteiger partial charge in [-0.2, -0.15) is 0 Å². The highest BCUT2D eigenvalue weighted by Gasteiger charge is 2.19. The molecule has 2 unspecified atom stereocenters. The maximum atomic E-state index is 12.4. The first-order valence-corrected chi connectivity index (χ1v) is 19.6. The molecule has 292 valence electrons. The van der Waals surface area contributed by atoms with E-state index in [2.05, 4.69) is 27.0 Å². The average Bonchev–Trinajstić information content (AvgIpc) is 3.14. The summed E-state index contributed by atoms with van der Waals surface area (Å²) in [6.45, 7) is 7.67. The van der Waals surface area contributed by atoms with Crippen LogP contribution in [0.4, 0.5) is 22.7 Å². The molecule has 16 heteroatoms. The van der Waals surface area contributed by atoms with Crippen LogP contribution in [0.1, 0.15) is 80.0 Å². The normalized spacial score (nSPS) is 11.6. The number of carboxylic acids is 1. The van der Waals surface area contributed by atoms with Crippen LogP contribution in [-0.4, -0.2) is 54.3 Å². The van der Waals surface area contributed by atoms with Crippen molar-refractivity contribution in [1.82, 2.24) is 0 Å². The van der Waals surface area contributed by atoms with Crippen molar-refractivity contribution in [2.24, 2.45) is 0 Å². The number of carbonyl (C=O) groups is 2. The van der Waals surface area contributed by atoms with Crippen LogP contribution in [-0.2, 0) is 27.3 Å². The van der Waals surface area contributed by atoms with Gasteiger partial charge >= 0.3 is 11.9 Å². The third-order valence-corrected chi connectivity index (χ3v) is 8.17. The zero-order chi connectivity index (χ0) is 39.3. The van der Waals surface area contributed by atoms with Gasteiger partial charge in [-0.05, 0) is 67.8 Å². The highest BCUT2D eigenvalue weighted by molar-refractivity contribution is 7.80. The lowest BCUT2D eigenvalue weighted by Gasteiger charge is -2.20. The fourth-order valence-electron chi connectivity index (χ4n) is 4.72. The summed E-state index contributed by atoms with van der Waals surface area (Å²) < 4.78 is 66.4. The summed E-state index contributed by atoms with van der Waals surface area (Å²) >= 11 is -5.21. The van der Waals surface area contributed by atoms with Crippen LogP contribution < -0.4 is 29.6 Å². The molecular weight excluding hydrogens is 737 g/mol. The molecule has 0 radical (unpaired) electrons. The van der Waals surface area contributed by atoms with Gasteiger partial charge in [0.15, 0.2) is 11.5 Å². The van der Waals surface area contributed by atoms with E-state index in [0.29, 0.717) is 48.3 Å². The van der Waals surface area contributed by atoms with E-state index in [1.807, 2.05) is 38.1 Å². The van der Waals surface area contributed by atoms with Gasteiger partial charge in [0.1, 0.15) is 11.5 Å². The lowest BCUT2D eigenvalue weighted by atomic mass is 10.1. The van der Waals surface area contributed by atoms with Crippen LogP contribution in [0.25, 0.3) is 0 Å². The standard InChI is InChI=1S/C21H28N2O5S.C17H20N2O5S/c1-3-5-12-22-18-14-16(21(24)27-13-6-4-2)15-19(23-29(25)26)20(18)28-17-10-8-7-9-11-17;1-2-3-9-18-14-10-12(17(20)21)11-15(19-25(22)23)16(14)24-13-7-5-4-6-8-13/h7-11,14-15,22-23H,3-6,12-13H2,1-2H3,(H,25,26);4-8,10-11,18-19H,2-3,9H2,1H3,(H,20,21)(H,22,23)/p-2. The molecule has 0 heterocycles. The number of ether oxygens (including phenoxy) is 3. The Bertz CT molecular complexity index is 1830. The third kappa shape index (κ3) is 14.7. The molecule has 0 aliphatic heterocycles. The lowest BCUT2D eigenvalue weighted by Crippen LogP contribution is -2.12. The van der Waals surface area contributed by atoms with Gasteiger partial charge < -0.3 is 48.5 Å². The van der Waals surface area contributed by atoms with Crippen molar-refractivity contribution >= 4 is 57.2 Å². The number of unbranched alkanes of at least 4 members (excludes halogenated alkanes) is 3. The minimum atomic E-state index is -2.62. The van der Waals surface area contributed by atoms with E-state index in [9.17, 15) is 32.2 Å². The van der Waals surface area contributed by atoms with Gasteiger partial charge in [0.05, 0.1) is 40.5 Å². The fraction of sp³-hybridized carbons (Fsp3) is 0.316. The number of hydrogen-bond donors (Lipinski definition) is 5. The van der Waals surface area contributed by atoms with E-state index in [0.717, 1.165) is 38.5 Å². The molecule has 0 aromatic heterocycles. The molecule has 4 aromatic carbocycles. The molecule has 0 saturated heterocycles. The fourth-order valence-corrected chi connectivity index (χ4v) is 5.38. The first-order chi connectivity index (χ1) is 26.1. The molecule has 0 aliphatic rings. The van der Waals surface area contributed by atoms with Gasteiger partial charge in [0, 0.05) is 35.6 Å². The van der Waals surface area contributed by atoms with Crippen molar-refractivity contribution in [3.8, 4) is 23.0 Å². The Morgan fingerprint density at radius 3 is 1.44 bits per heavy atom. The minimum Gasteiger partial charge on any atom is -0.755 e. The van der Waals surface area contributed by atoms with Crippen LogP contribution >= 0.6 is 0 Å². The summed E-state index contributed by atoms with van der Waals surface area (Å²) in [7, 11) is 0. The molecule has 4 aromatic rings. The van der Waals surface area contributed by atoms with Gasteiger partial charge in [-0.3, -0.25) is 8.42 Å². The van der Waals surface area contributed by atoms with E-state index in [1.54, 1.807) is 42.5 Å². The van der Waals surface area contributed by atoms with Crippen molar-refractivity contribution in [3.63, 3.8) is 0 Å². The van der Waals surface area contributed by atoms with E-state index in [1.165, 1.54) is 18.2 Å². The number of hydrogen-bond acceptors (Lipinski definition) is 11. The molecule has 14 nitrogen and oxygen atoms in total. The number of carbonyl (C=O) groups excluding carboxylic acids is 1. The van der Waals surface area contributed by atoms with Gasteiger partial charge in [-0.1, -0.05) is 76.4 Å². The van der Waals surface area contributed by atoms with Crippen LogP contribution in [0.5, 0.6) is 23.0 Å². The van der Waals surface area contributed by atoms with Crippen LogP contribution in [0.3, 0.4) is 0 Å². The predicted octanol–water partition coefficient (Wildman–Crippen LogP) is 8.45. The number of benzene rings is 4. The van der Waals surface area contributed by atoms with Crippen molar-refractivity contribution < 1.29 is 46.4 Å². The Hall–Kier alpha value is -5.16. The van der Waals surface area contributed by atoms with E-state index < -0.39 is 34.5 Å². The number of rotatable bonds is 21. The molecule has 5 N–H and O–H groups in total. The first kappa shape index (κ1) is 43.2. The van der Waals surface area contributed by atoms with Crippen molar-refractivity contribution in [2.75, 3.05) is 39.8 Å². The Morgan fingerprint density at radius 1 is 0.630 bits per heavy atom. The maximum absolute atomic E-state index is 12.4. The number of nitrogens with one attached hydrogen (secondary N) is 4. The Balaban J connectivity index is 0.000000294. The molecule has 2 atom stereocenters. The second-order valence-electron chi connectivity index (χ2n) is 11.7. The maximum Gasteiger partial charge on any atom is 0.338 e. The smallest absolute Gasteiger partial charge is 0.338 e. The molecule has 0 aliphatic carbocycles. The third-order valence-electron chi connectivity index (χ3n) is 7.40. The monoisotopic (exact) mass is 782 g/mol. The number of aromatic carboxylic acids is 1. The number of anilines is 4. The second kappa shape index (κ2) is 23.5. The zero-order valence-electron chi connectivity index (χ0n) is 30.4. The molecule has 0 saturated carbocycles. The molecular formula is C38H46N4O10S2-2. The Labute approximate surface area is 320 Å². The molecule has 4 rings (SSSR count). The number of para-hydroxylation sites is 2. The predicted molar refractivity (Wildman–Crippen MR) is 210 cm³/mol. The van der Waals surface area contributed by atoms with E-state index in [-0.39, 0.29) is 28.3 Å². The highest BCUT2D eigenvalue weighted by Crippen LogP contribution is 2.40. The lowest BCUT2D eigenvalue weighted by molar-refractivity contribution is 0.0499. The quantitative estimate of drug-likeness (QED) is 0.0306. The van der Waals surface area contributed by atoms with E-state index in [4.69, 9.17) is 14.2 Å². The molecule has 54 heavy (non-hydrogen) atoms. The van der Waals surface area contributed by atoms with Crippen molar-refractivity contribution in [1.29, 1.82) is 0 Å². The van der Waals surface area contributed by atoms with Crippen LogP contribution in [0, 0.1) is 0 Å². The van der Waals surface area contributed by atoms with Crippen molar-refractivity contribution in [3.05, 3.63) is 96.1 Å². The summed E-state index contributed by atoms with van der Waals surface area (Å²) in [5.41, 5.74) is 1.33. The minimum absolute atomic E-state index is 0.0487. The second-order valence-corrected chi connectivity index (χ2v) is 13.0. The highest BCUT2D eigenvalue weighted by atomic mass is 32.2. The average molecular weight is 783 g/mol. The molecule has 0 fully saturated rings. The van der Waals surface area contributed by atoms with Crippen LogP contribution in [0.2, 0.25) is 0 Å². The summed E-state index contributed by atoms with van der Waals surface area (Å²) in [6, 6.07) is 23.6. The summed E-state index contributed by atoms with van der Waals surface area (Å²) in [6.07, 6.45) is 5.39. The Kier molecular flexibility index (Phi) is 18.8. The largest absolute Gasteiger partial charge is 0.755 e. The topological polar surface area (TPSA) is 210 Å². The Morgan fingerprint density at radius 2 is 1.04 bits per heavy atom. The molecule has 0 bridgehead atoms. The van der Waals surface area contributed by atoms with Gasteiger partial charge in [0.2, 0.25) is 0 Å². The summed E-state index contributed by atoms with van der Waals surface area (Å²) in [5.74, 6) is -0.112. The molecule has 0 amide bonds. The number of esters is 1. The van der Waals surface area contributed by atoms with E-state index >= 15 is 0 Å².